The van der Waals surface area contributed by atoms with Gasteiger partial charge in [-0.1, -0.05) is 30.1 Å². The fraction of sp³-hybridized carbons (Fsp3) is 0.571. The third-order valence-corrected chi connectivity index (χ3v) is 6.04. The van der Waals surface area contributed by atoms with E-state index in [0.717, 1.165) is 13.0 Å². The Labute approximate surface area is 137 Å². The van der Waals surface area contributed by atoms with Crippen LogP contribution < -0.4 is 5.32 Å². The van der Waals surface area contributed by atoms with Gasteiger partial charge in [-0.15, -0.1) is 0 Å². The van der Waals surface area contributed by atoms with Crippen molar-refractivity contribution in [2.24, 2.45) is 0 Å². The highest BCUT2D eigenvalue weighted by atomic mass is 35.5. The average molecular weight is 353 g/mol. The van der Waals surface area contributed by atoms with Crippen molar-refractivity contribution in [3.63, 3.8) is 0 Å². The average Bonchev–Trinajstić information content (AvgIpc) is 2.41. The molecule has 1 aromatic rings. The summed E-state index contributed by atoms with van der Waals surface area (Å²) in [6.07, 6.45) is 0.986. The molecule has 0 unspecified atom stereocenters. The van der Waals surface area contributed by atoms with Crippen LogP contribution in [0.3, 0.4) is 0 Å². The first-order chi connectivity index (χ1) is 9.71. The number of hydrogen-bond donors (Lipinski definition) is 1. The predicted octanol–water partition coefficient (Wildman–Crippen LogP) is 3.52. The molecule has 0 bridgehead atoms. The third-order valence-electron chi connectivity index (χ3n) is 3.21. The zero-order valence-corrected chi connectivity index (χ0v) is 15.1. The van der Waals surface area contributed by atoms with E-state index in [4.69, 9.17) is 23.2 Å². The van der Waals surface area contributed by atoms with E-state index in [9.17, 15) is 8.42 Å². The van der Waals surface area contributed by atoms with Crippen molar-refractivity contribution in [2.45, 2.75) is 44.7 Å². The molecule has 0 spiro atoms. The topological polar surface area (TPSA) is 49.4 Å². The summed E-state index contributed by atoms with van der Waals surface area (Å²) >= 11 is 12.3. The Morgan fingerprint density at radius 1 is 1.29 bits per heavy atom. The van der Waals surface area contributed by atoms with Crippen LogP contribution in [0.4, 0.5) is 0 Å². The number of nitrogens with one attached hydrogen (secondary N) is 1. The van der Waals surface area contributed by atoms with E-state index >= 15 is 0 Å². The number of nitrogens with zero attached hydrogens (tertiary/aromatic N) is 1. The Morgan fingerprint density at radius 2 is 1.90 bits per heavy atom. The molecule has 1 rings (SSSR count). The minimum absolute atomic E-state index is 0.0566. The summed E-state index contributed by atoms with van der Waals surface area (Å²) in [5.41, 5.74) is 0.688. The number of hydrogen-bond acceptors (Lipinski definition) is 3. The summed E-state index contributed by atoms with van der Waals surface area (Å²) in [5, 5.41) is 3.79. The van der Waals surface area contributed by atoms with Gasteiger partial charge in [0.1, 0.15) is 4.90 Å². The van der Waals surface area contributed by atoms with Gasteiger partial charge >= 0.3 is 0 Å². The van der Waals surface area contributed by atoms with Gasteiger partial charge < -0.3 is 5.32 Å². The van der Waals surface area contributed by atoms with Crippen LogP contribution in [0.5, 0.6) is 0 Å². The molecule has 0 aliphatic rings. The highest BCUT2D eigenvalue weighted by molar-refractivity contribution is 7.89. The Morgan fingerprint density at radius 3 is 2.43 bits per heavy atom. The fourth-order valence-electron chi connectivity index (χ4n) is 1.77. The van der Waals surface area contributed by atoms with Gasteiger partial charge in [0.2, 0.25) is 10.0 Å². The molecule has 0 aromatic heterocycles. The van der Waals surface area contributed by atoms with E-state index in [-0.39, 0.29) is 16.0 Å². The normalized spacial score (nSPS) is 12.4. The molecule has 0 radical (unpaired) electrons. The Balaban J connectivity index is 3.25. The monoisotopic (exact) mass is 352 g/mol. The molecule has 0 fully saturated rings. The molecule has 0 amide bonds. The SMILES string of the molecule is CCCNCc1cc(Cl)cc(S(=O)(=O)N(C)C(C)C)c1Cl. The Hall–Kier alpha value is -0.330. The van der Waals surface area contributed by atoms with E-state index in [1.807, 2.05) is 0 Å². The van der Waals surface area contributed by atoms with E-state index < -0.39 is 10.0 Å². The van der Waals surface area contributed by atoms with Gasteiger partial charge in [0.05, 0.1) is 5.02 Å². The minimum atomic E-state index is -3.66. The molecule has 0 heterocycles. The summed E-state index contributed by atoms with van der Waals surface area (Å²) in [5.74, 6) is 0. The van der Waals surface area contributed by atoms with Crippen molar-refractivity contribution < 1.29 is 8.42 Å². The zero-order chi connectivity index (χ0) is 16.2. The van der Waals surface area contributed by atoms with E-state index in [1.165, 1.54) is 17.4 Å². The predicted molar refractivity (Wildman–Crippen MR) is 88.5 cm³/mol. The summed E-state index contributed by atoms with van der Waals surface area (Å²) in [6, 6.07) is 2.94. The van der Waals surface area contributed by atoms with Gasteiger partial charge in [-0.2, -0.15) is 4.31 Å². The van der Waals surface area contributed by atoms with Crippen molar-refractivity contribution in [2.75, 3.05) is 13.6 Å². The molecular formula is C14H22Cl2N2O2S. The van der Waals surface area contributed by atoms with Gasteiger partial charge in [0, 0.05) is 24.7 Å². The van der Waals surface area contributed by atoms with Crippen molar-refractivity contribution in [1.82, 2.24) is 9.62 Å². The number of halogens is 2. The summed E-state index contributed by atoms with van der Waals surface area (Å²) < 4.78 is 26.5. The maximum Gasteiger partial charge on any atom is 0.244 e. The zero-order valence-electron chi connectivity index (χ0n) is 12.8. The van der Waals surface area contributed by atoms with Crippen molar-refractivity contribution >= 4 is 33.2 Å². The second kappa shape index (κ2) is 7.79. The molecular weight excluding hydrogens is 331 g/mol. The van der Waals surface area contributed by atoms with E-state index in [0.29, 0.717) is 17.1 Å². The molecule has 0 aliphatic carbocycles. The highest BCUT2D eigenvalue weighted by Gasteiger charge is 2.27. The molecule has 0 atom stereocenters. The summed E-state index contributed by atoms with van der Waals surface area (Å²) in [7, 11) is -2.12. The first kappa shape index (κ1) is 18.7. The van der Waals surface area contributed by atoms with Crippen LogP contribution in [0.2, 0.25) is 10.0 Å². The number of benzene rings is 1. The lowest BCUT2D eigenvalue weighted by molar-refractivity contribution is 0.410. The van der Waals surface area contributed by atoms with Crippen LogP contribution in [0.15, 0.2) is 17.0 Å². The smallest absolute Gasteiger partial charge is 0.244 e. The van der Waals surface area contributed by atoms with Gasteiger partial charge in [-0.05, 0) is 44.5 Å². The number of rotatable bonds is 7. The van der Waals surface area contributed by atoms with Crippen LogP contribution in [0, 0.1) is 0 Å². The van der Waals surface area contributed by atoms with Crippen molar-refractivity contribution in [3.8, 4) is 0 Å². The largest absolute Gasteiger partial charge is 0.313 e. The van der Waals surface area contributed by atoms with Crippen molar-refractivity contribution in [1.29, 1.82) is 0 Å². The van der Waals surface area contributed by atoms with E-state index in [2.05, 4.69) is 12.2 Å². The lowest BCUT2D eigenvalue weighted by Crippen LogP contribution is -2.33. The van der Waals surface area contributed by atoms with Crippen LogP contribution in [-0.2, 0) is 16.6 Å². The quantitative estimate of drug-likeness (QED) is 0.763. The molecule has 4 nitrogen and oxygen atoms in total. The molecule has 1 aromatic carbocycles. The van der Waals surface area contributed by atoms with Crippen LogP contribution in [0.25, 0.3) is 0 Å². The fourth-order valence-corrected chi connectivity index (χ4v) is 4.04. The second-order valence-electron chi connectivity index (χ2n) is 5.17. The Bertz CT molecular complexity index is 589. The standard InChI is InChI=1S/C14H22Cl2N2O2S/c1-5-6-17-9-11-7-12(15)8-13(14(11)16)21(19,20)18(4)10(2)3/h7-8,10,17H,5-6,9H2,1-4H3. The number of sulfonamides is 1. The molecule has 21 heavy (non-hydrogen) atoms. The maximum absolute atomic E-state index is 12.6. The summed E-state index contributed by atoms with van der Waals surface area (Å²) in [6.45, 7) is 6.98. The minimum Gasteiger partial charge on any atom is -0.313 e. The van der Waals surface area contributed by atoms with Gasteiger partial charge in [0.15, 0.2) is 0 Å². The third kappa shape index (κ3) is 4.57. The van der Waals surface area contributed by atoms with Crippen molar-refractivity contribution in [3.05, 3.63) is 27.7 Å². The molecule has 7 heteroatoms. The van der Waals surface area contributed by atoms with Crippen LogP contribution in [-0.4, -0.2) is 32.4 Å². The molecule has 0 saturated carbocycles. The molecule has 1 N–H and O–H groups in total. The molecule has 120 valence electrons. The van der Waals surface area contributed by atoms with Crippen LogP contribution in [0.1, 0.15) is 32.8 Å². The van der Waals surface area contributed by atoms with Gasteiger partial charge in [-0.3, -0.25) is 0 Å². The lowest BCUT2D eigenvalue weighted by Gasteiger charge is -2.22. The Kier molecular flexibility index (Phi) is 6.94. The van der Waals surface area contributed by atoms with Crippen LogP contribution >= 0.6 is 23.2 Å². The first-order valence-electron chi connectivity index (χ1n) is 6.88. The molecule has 0 aliphatic heterocycles. The second-order valence-corrected chi connectivity index (χ2v) is 7.95. The lowest BCUT2D eigenvalue weighted by atomic mass is 10.2. The van der Waals surface area contributed by atoms with Gasteiger partial charge in [0.25, 0.3) is 0 Å². The summed E-state index contributed by atoms with van der Waals surface area (Å²) in [4.78, 5) is 0.0566. The maximum atomic E-state index is 12.6. The van der Waals surface area contributed by atoms with Gasteiger partial charge in [-0.25, -0.2) is 8.42 Å². The molecule has 0 saturated heterocycles. The first-order valence-corrected chi connectivity index (χ1v) is 9.08. The highest BCUT2D eigenvalue weighted by Crippen LogP contribution is 2.31. The van der Waals surface area contributed by atoms with E-state index in [1.54, 1.807) is 19.9 Å².